The fraction of sp³-hybridized carbons (Fsp3) is 0.524. The second kappa shape index (κ2) is 8.99. The summed E-state index contributed by atoms with van der Waals surface area (Å²) in [6.45, 7) is 3.28. The zero-order valence-electron chi connectivity index (χ0n) is 18.1. The van der Waals surface area contributed by atoms with E-state index in [2.05, 4.69) is 15.0 Å². The van der Waals surface area contributed by atoms with Crippen LogP contribution < -0.4 is 0 Å². The lowest BCUT2D eigenvalue weighted by Gasteiger charge is -2.35. The Morgan fingerprint density at radius 2 is 2.03 bits per heavy atom. The first kappa shape index (κ1) is 22.2. The van der Waals surface area contributed by atoms with E-state index in [9.17, 15) is 18.0 Å². The van der Waals surface area contributed by atoms with Crippen LogP contribution in [0.25, 0.3) is 10.8 Å². The third kappa shape index (κ3) is 4.87. The quantitative estimate of drug-likeness (QED) is 0.617. The maximum Gasteiger partial charge on any atom is 0.270 e. The molecule has 2 fully saturated rings. The van der Waals surface area contributed by atoms with Crippen LogP contribution in [-0.2, 0) is 26.0 Å². The van der Waals surface area contributed by atoms with E-state index in [0.717, 1.165) is 29.6 Å². The Kier molecular flexibility index (Phi) is 6.06. The van der Waals surface area contributed by atoms with Gasteiger partial charge in [0.25, 0.3) is 5.91 Å². The zero-order valence-corrected chi connectivity index (χ0v) is 19.7. The Morgan fingerprint density at radius 1 is 1.21 bits per heavy atom. The van der Waals surface area contributed by atoms with Gasteiger partial charge in [-0.15, -0.1) is 11.3 Å². The van der Waals surface area contributed by atoms with Gasteiger partial charge >= 0.3 is 0 Å². The molecule has 5 rings (SSSR count). The molecule has 2 aromatic heterocycles. The lowest BCUT2D eigenvalue weighted by atomic mass is 10.1. The van der Waals surface area contributed by atoms with Crippen molar-refractivity contribution in [1.82, 2.24) is 19.8 Å². The van der Waals surface area contributed by atoms with E-state index >= 15 is 0 Å². The van der Waals surface area contributed by atoms with Crippen LogP contribution in [0.4, 0.5) is 0 Å². The van der Waals surface area contributed by atoms with Gasteiger partial charge in [-0.1, -0.05) is 0 Å². The monoisotopic (exact) mass is 491 g/mol. The van der Waals surface area contributed by atoms with E-state index in [1.165, 1.54) is 5.01 Å². The van der Waals surface area contributed by atoms with Crippen LogP contribution in [0.2, 0.25) is 0 Å². The SMILES string of the molecule is O=C(C1=NN([C@H]2CCS(=O)(=O)C2)C(=O)CC1)N1CCN(Cc2csc(-c3ccco3)n2)CC1. The molecule has 2 saturated heterocycles. The summed E-state index contributed by atoms with van der Waals surface area (Å²) in [5.74, 6) is 0.361. The number of piperazine rings is 1. The number of carbonyl (C=O) groups is 2. The molecular formula is C21H25N5O5S2. The average Bonchev–Trinajstić information content (AvgIpc) is 3.55. The molecule has 2 aromatic rings. The Balaban J connectivity index is 1.17. The van der Waals surface area contributed by atoms with Gasteiger partial charge in [0.15, 0.2) is 20.6 Å². The molecule has 12 heteroatoms. The normalized spacial score (nSPS) is 23.7. The van der Waals surface area contributed by atoms with Gasteiger partial charge in [0.1, 0.15) is 5.71 Å². The van der Waals surface area contributed by atoms with Gasteiger partial charge in [-0.3, -0.25) is 14.5 Å². The number of nitrogens with zero attached hydrogens (tertiary/aromatic N) is 5. The highest BCUT2D eigenvalue weighted by atomic mass is 32.2. The van der Waals surface area contributed by atoms with E-state index < -0.39 is 15.9 Å². The molecule has 10 nitrogen and oxygen atoms in total. The molecule has 0 unspecified atom stereocenters. The summed E-state index contributed by atoms with van der Waals surface area (Å²) in [5.41, 5.74) is 1.32. The molecule has 176 valence electrons. The summed E-state index contributed by atoms with van der Waals surface area (Å²) in [7, 11) is -3.14. The number of rotatable bonds is 5. The van der Waals surface area contributed by atoms with Crippen molar-refractivity contribution < 1.29 is 22.4 Å². The largest absolute Gasteiger partial charge is 0.462 e. The van der Waals surface area contributed by atoms with Crippen LogP contribution in [0, 0.1) is 0 Å². The number of sulfone groups is 1. The van der Waals surface area contributed by atoms with E-state index in [4.69, 9.17) is 4.42 Å². The lowest BCUT2D eigenvalue weighted by molar-refractivity contribution is -0.134. The average molecular weight is 492 g/mol. The molecule has 0 N–H and O–H groups in total. The van der Waals surface area contributed by atoms with E-state index in [-0.39, 0.29) is 29.7 Å². The number of furan rings is 1. The molecule has 33 heavy (non-hydrogen) atoms. The van der Waals surface area contributed by atoms with Crippen LogP contribution in [0.5, 0.6) is 0 Å². The highest BCUT2D eigenvalue weighted by Gasteiger charge is 2.38. The Hall–Kier alpha value is -2.57. The minimum Gasteiger partial charge on any atom is -0.462 e. The highest BCUT2D eigenvalue weighted by Crippen LogP contribution is 2.25. The van der Waals surface area contributed by atoms with Crippen LogP contribution in [0.15, 0.2) is 33.3 Å². The van der Waals surface area contributed by atoms with Gasteiger partial charge in [-0.25, -0.2) is 18.4 Å². The zero-order chi connectivity index (χ0) is 23.0. The van der Waals surface area contributed by atoms with Crippen molar-refractivity contribution in [2.24, 2.45) is 5.10 Å². The minimum absolute atomic E-state index is 0.0597. The maximum atomic E-state index is 13.0. The third-order valence-corrected chi connectivity index (χ3v) is 8.85. The predicted octanol–water partition coefficient (Wildman–Crippen LogP) is 1.21. The molecule has 0 aromatic carbocycles. The fourth-order valence-electron chi connectivity index (χ4n) is 4.39. The second-order valence-corrected chi connectivity index (χ2v) is 11.6. The Morgan fingerprint density at radius 3 is 2.73 bits per heavy atom. The lowest BCUT2D eigenvalue weighted by Crippen LogP contribution is -2.51. The fourth-order valence-corrected chi connectivity index (χ4v) is 6.86. The van der Waals surface area contributed by atoms with E-state index in [1.807, 2.05) is 17.5 Å². The summed E-state index contributed by atoms with van der Waals surface area (Å²) in [6.07, 6.45) is 2.48. The molecule has 0 bridgehead atoms. The number of thiazole rings is 1. The van der Waals surface area contributed by atoms with Crippen LogP contribution in [0.3, 0.4) is 0 Å². The number of hydrogen-bond acceptors (Lipinski definition) is 9. The summed E-state index contributed by atoms with van der Waals surface area (Å²) in [5, 5.41) is 8.44. The topological polar surface area (TPSA) is 116 Å². The van der Waals surface area contributed by atoms with Crippen molar-refractivity contribution in [3.05, 3.63) is 29.5 Å². The molecule has 3 aliphatic heterocycles. The summed E-state index contributed by atoms with van der Waals surface area (Å²) < 4.78 is 29.0. The Bertz CT molecular complexity index is 1170. The van der Waals surface area contributed by atoms with Gasteiger partial charge in [0.2, 0.25) is 5.91 Å². The summed E-state index contributed by atoms with van der Waals surface area (Å²) >= 11 is 1.55. The van der Waals surface area contributed by atoms with Crippen LogP contribution in [-0.4, -0.2) is 89.5 Å². The molecule has 2 amide bonds. The molecule has 5 heterocycles. The number of hydrogen-bond donors (Lipinski definition) is 0. The van der Waals surface area contributed by atoms with Crippen molar-refractivity contribution >= 4 is 38.7 Å². The van der Waals surface area contributed by atoms with Gasteiger partial charge in [0, 0.05) is 50.9 Å². The third-order valence-electron chi connectivity index (χ3n) is 6.19. The smallest absolute Gasteiger partial charge is 0.270 e. The second-order valence-electron chi connectivity index (χ2n) is 8.53. The molecular weight excluding hydrogens is 466 g/mol. The Labute approximate surface area is 195 Å². The summed E-state index contributed by atoms with van der Waals surface area (Å²) in [4.78, 5) is 34.0. The molecule has 0 spiro atoms. The number of hydrazone groups is 1. The number of aromatic nitrogens is 1. The molecule has 0 radical (unpaired) electrons. The van der Waals surface area contributed by atoms with Crippen molar-refractivity contribution in [3.63, 3.8) is 0 Å². The van der Waals surface area contributed by atoms with Crippen LogP contribution in [0.1, 0.15) is 25.0 Å². The van der Waals surface area contributed by atoms with Gasteiger partial charge in [0.05, 0.1) is 29.5 Å². The maximum absolute atomic E-state index is 13.0. The standard InChI is InChI=1S/C21H25N5O5S2/c27-19-4-3-17(23-26(19)16-5-11-33(29,30)14-16)21(28)25-8-6-24(7-9-25)12-15-13-32-20(22-15)18-2-1-10-31-18/h1-2,10,13,16H,3-9,11-12,14H2/t16-/m0/s1. The first-order valence-corrected chi connectivity index (χ1v) is 13.7. The van der Waals surface area contributed by atoms with Crippen molar-refractivity contribution in [3.8, 4) is 10.8 Å². The van der Waals surface area contributed by atoms with Crippen molar-refractivity contribution in [1.29, 1.82) is 0 Å². The highest BCUT2D eigenvalue weighted by molar-refractivity contribution is 7.91. The minimum atomic E-state index is -3.14. The van der Waals surface area contributed by atoms with Crippen molar-refractivity contribution in [2.45, 2.75) is 31.8 Å². The van der Waals surface area contributed by atoms with Gasteiger partial charge in [-0.2, -0.15) is 5.10 Å². The number of carbonyl (C=O) groups excluding carboxylic acids is 2. The first-order valence-electron chi connectivity index (χ1n) is 11.0. The summed E-state index contributed by atoms with van der Waals surface area (Å²) in [6, 6.07) is 3.27. The van der Waals surface area contributed by atoms with E-state index in [1.54, 1.807) is 22.5 Å². The van der Waals surface area contributed by atoms with Gasteiger partial charge < -0.3 is 9.32 Å². The molecule has 0 aliphatic carbocycles. The van der Waals surface area contributed by atoms with Crippen molar-refractivity contribution in [2.75, 3.05) is 37.7 Å². The molecule has 3 aliphatic rings. The molecule has 1 atom stereocenters. The van der Waals surface area contributed by atoms with E-state index in [0.29, 0.717) is 38.2 Å². The first-order chi connectivity index (χ1) is 15.9. The van der Waals surface area contributed by atoms with Gasteiger partial charge in [-0.05, 0) is 18.6 Å². The van der Waals surface area contributed by atoms with Crippen LogP contribution >= 0.6 is 11.3 Å². The number of amides is 2. The molecule has 0 saturated carbocycles. The predicted molar refractivity (Wildman–Crippen MR) is 122 cm³/mol.